The van der Waals surface area contributed by atoms with Crippen molar-refractivity contribution < 1.29 is 28.5 Å². The van der Waals surface area contributed by atoms with E-state index in [0.29, 0.717) is 29.2 Å². The summed E-state index contributed by atoms with van der Waals surface area (Å²) in [6, 6.07) is 17.6. The molecule has 0 aliphatic heterocycles. The fourth-order valence-corrected chi connectivity index (χ4v) is 4.53. The van der Waals surface area contributed by atoms with Gasteiger partial charge >= 0.3 is 5.97 Å². The minimum absolute atomic E-state index is 0.153. The molecule has 35 heavy (non-hydrogen) atoms. The minimum Gasteiger partial charge on any atom is -0.497 e. The molecule has 2 heterocycles. The molecule has 1 N–H and O–H groups in total. The number of carboxylic acid groups (broad SMARTS) is 1. The van der Waals surface area contributed by atoms with Gasteiger partial charge in [-0.05, 0) is 37.0 Å². The summed E-state index contributed by atoms with van der Waals surface area (Å²) in [6.45, 7) is -0.307. The SMILES string of the molecule is COc1ccc(-c2c(-c3ccccc3)oc3ncnc(O[C@H]4CCC[C@H](OCC(=O)O)C4)c23)cc1. The van der Waals surface area contributed by atoms with E-state index in [2.05, 4.69) is 9.97 Å². The van der Waals surface area contributed by atoms with E-state index in [4.69, 9.17) is 23.7 Å². The number of fused-ring (bicyclic) bond motifs is 1. The van der Waals surface area contributed by atoms with Gasteiger partial charge < -0.3 is 23.7 Å². The summed E-state index contributed by atoms with van der Waals surface area (Å²) in [5.74, 6) is 0.907. The van der Waals surface area contributed by atoms with Crippen molar-refractivity contribution in [3.63, 3.8) is 0 Å². The molecule has 0 amide bonds. The summed E-state index contributed by atoms with van der Waals surface area (Å²) < 4.78 is 23.5. The van der Waals surface area contributed by atoms with E-state index < -0.39 is 5.97 Å². The number of rotatable bonds is 8. The molecule has 1 aliphatic carbocycles. The van der Waals surface area contributed by atoms with Crippen LogP contribution in [0.5, 0.6) is 11.6 Å². The van der Waals surface area contributed by atoms with E-state index in [1.807, 2.05) is 54.6 Å². The first-order chi connectivity index (χ1) is 17.1. The summed E-state index contributed by atoms with van der Waals surface area (Å²) in [5, 5.41) is 9.64. The van der Waals surface area contributed by atoms with Gasteiger partial charge in [0, 0.05) is 17.5 Å². The van der Waals surface area contributed by atoms with Gasteiger partial charge in [-0.1, -0.05) is 42.5 Å². The van der Waals surface area contributed by atoms with Crippen LogP contribution in [0.3, 0.4) is 0 Å². The Morgan fingerprint density at radius 2 is 1.80 bits per heavy atom. The molecule has 4 aromatic rings. The number of methoxy groups -OCH3 is 1. The lowest BCUT2D eigenvalue weighted by Gasteiger charge is -2.29. The largest absolute Gasteiger partial charge is 0.497 e. The highest BCUT2D eigenvalue weighted by atomic mass is 16.5. The Morgan fingerprint density at radius 1 is 1.03 bits per heavy atom. The summed E-state index contributed by atoms with van der Waals surface area (Å²) in [5.41, 5.74) is 3.13. The number of benzene rings is 2. The second-order valence-electron chi connectivity index (χ2n) is 8.49. The van der Waals surface area contributed by atoms with Crippen LogP contribution in [0.4, 0.5) is 0 Å². The van der Waals surface area contributed by atoms with Crippen LogP contribution in [0.2, 0.25) is 0 Å². The maximum Gasteiger partial charge on any atom is 0.329 e. The van der Waals surface area contributed by atoms with Crippen molar-refractivity contribution in [2.45, 2.75) is 37.9 Å². The quantitative estimate of drug-likeness (QED) is 0.364. The lowest BCUT2D eigenvalue weighted by atomic mass is 9.94. The zero-order chi connectivity index (χ0) is 24.2. The number of furan rings is 1. The monoisotopic (exact) mass is 474 g/mol. The van der Waals surface area contributed by atoms with E-state index in [1.165, 1.54) is 6.33 Å². The third-order valence-corrected chi connectivity index (χ3v) is 6.17. The van der Waals surface area contributed by atoms with Gasteiger partial charge in [-0.25, -0.2) is 14.8 Å². The number of carbonyl (C=O) groups is 1. The zero-order valence-electron chi connectivity index (χ0n) is 19.3. The average Bonchev–Trinajstić information content (AvgIpc) is 3.29. The molecule has 180 valence electrons. The van der Waals surface area contributed by atoms with Gasteiger partial charge in [-0.3, -0.25) is 0 Å². The molecule has 0 saturated heterocycles. The van der Waals surface area contributed by atoms with Crippen molar-refractivity contribution in [3.8, 4) is 34.1 Å². The first-order valence-electron chi connectivity index (χ1n) is 11.6. The molecule has 1 fully saturated rings. The average molecular weight is 475 g/mol. The van der Waals surface area contributed by atoms with Gasteiger partial charge in [0.2, 0.25) is 11.6 Å². The Kier molecular flexibility index (Phi) is 6.63. The highest BCUT2D eigenvalue weighted by Gasteiger charge is 2.28. The topological polar surface area (TPSA) is 104 Å². The number of hydrogen-bond acceptors (Lipinski definition) is 7. The summed E-state index contributed by atoms with van der Waals surface area (Å²) in [6.07, 6.45) is 4.25. The highest BCUT2D eigenvalue weighted by molar-refractivity contribution is 6.03. The minimum atomic E-state index is -0.971. The van der Waals surface area contributed by atoms with Crippen molar-refractivity contribution in [1.29, 1.82) is 0 Å². The van der Waals surface area contributed by atoms with E-state index in [1.54, 1.807) is 7.11 Å². The van der Waals surface area contributed by atoms with E-state index in [9.17, 15) is 4.79 Å². The Bertz CT molecular complexity index is 1300. The lowest BCUT2D eigenvalue weighted by molar-refractivity contribution is -0.145. The highest BCUT2D eigenvalue weighted by Crippen LogP contribution is 2.44. The van der Waals surface area contributed by atoms with E-state index in [-0.39, 0.29) is 18.8 Å². The van der Waals surface area contributed by atoms with Crippen LogP contribution in [-0.4, -0.2) is 47.0 Å². The molecule has 2 aromatic carbocycles. The summed E-state index contributed by atoms with van der Waals surface area (Å²) in [7, 11) is 1.63. The van der Waals surface area contributed by atoms with Crippen LogP contribution in [0.1, 0.15) is 25.7 Å². The number of nitrogens with zero attached hydrogens (tertiary/aromatic N) is 2. The molecular formula is C27H26N2O6. The van der Waals surface area contributed by atoms with Crippen molar-refractivity contribution in [2.75, 3.05) is 13.7 Å². The fraction of sp³-hybridized carbons (Fsp3) is 0.296. The fourth-order valence-electron chi connectivity index (χ4n) is 4.53. The van der Waals surface area contributed by atoms with Crippen LogP contribution in [0, 0.1) is 0 Å². The molecule has 0 radical (unpaired) electrons. The smallest absolute Gasteiger partial charge is 0.329 e. The van der Waals surface area contributed by atoms with E-state index in [0.717, 1.165) is 41.7 Å². The van der Waals surface area contributed by atoms with Crippen LogP contribution in [0.25, 0.3) is 33.6 Å². The zero-order valence-corrected chi connectivity index (χ0v) is 19.3. The predicted molar refractivity (Wildman–Crippen MR) is 129 cm³/mol. The molecule has 0 spiro atoms. The van der Waals surface area contributed by atoms with Gasteiger partial charge in [0.15, 0.2) is 0 Å². The molecular weight excluding hydrogens is 448 g/mol. The normalized spacial score (nSPS) is 17.9. The van der Waals surface area contributed by atoms with Crippen molar-refractivity contribution in [2.24, 2.45) is 0 Å². The number of hydrogen-bond donors (Lipinski definition) is 1. The first kappa shape index (κ1) is 22.9. The second kappa shape index (κ2) is 10.1. The van der Waals surface area contributed by atoms with Gasteiger partial charge in [0.05, 0.1) is 13.2 Å². The first-order valence-corrected chi connectivity index (χ1v) is 11.6. The Labute approximate surface area is 202 Å². The van der Waals surface area contributed by atoms with Gasteiger partial charge in [0.25, 0.3) is 0 Å². The maximum atomic E-state index is 10.9. The van der Waals surface area contributed by atoms with Gasteiger partial charge in [-0.15, -0.1) is 0 Å². The molecule has 8 nitrogen and oxygen atoms in total. The van der Waals surface area contributed by atoms with Crippen molar-refractivity contribution in [1.82, 2.24) is 9.97 Å². The Balaban J connectivity index is 1.55. The number of carboxylic acids is 1. The molecule has 5 rings (SSSR count). The molecule has 8 heteroatoms. The van der Waals surface area contributed by atoms with Gasteiger partial charge in [0.1, 0.15) is 35.9 Å². The van der Waals surface area contributed by atoms with Crippen molar-refractivity contribution >= 4 is 17.1 Å². The molecule has 0 bridgehead atoms. The standard InChI is InChI=1S/C27H26N2O6/c1-32-19-12-10-17(11-13-19)23-24-26(34-21-9-5-8-20(14-21)33-15-22(30)31)28-16-29-27(24)35-25(23)18-6-3-2-4-7-18/h2-4,6-7,10-13,16,20-21H,5,8-9,14-15H2,1H3,(H,30,31)/t20-,21-/m0/s1. The Morgan fingerprint density at radius 3 is 2.54 bits per heavy atom. The molecule has 0 unspecified atom stereocenters. The maximum absolute atomic E-state index is 10.9. The number of aromatic nitrogens is 2. The van der Waals surface area contributed by atoms with Crippen molar-refractivity contribution in [3.05, 3.63) is 60.9 Å². The molecule has 2 aromatic heterocycles. The lowest BCUT2D eigenvalue weighted by Crippen LogP contribution is -2.31. The summed E-state index contributed by atoms with van der Waals surface area (Å²) in [4.78, 5) is 19.8. The van der Waals surface area contributed by atoms with Gasteiger partial charge in [-0.2, -0.15) is 0 Å². The molecule has 1 saturated carbocycles. The molecule has 2 atom stereocenters. The number of aliphatic carboxylic acids is 1. The third kappa shape index (κ3) is 4.97. The molecule has 1 aliphatic rings. The van der Waals surface area contributed by atoms with E-state index >= 15 is 0 Å². The number of ether oxygens (including phenoxy) is 3. The van der Waals surface area contributed by atoms with Crippen LogP contribution in [0.15, 0.2) is 65.3 Å². The third-order valence-electron chi connectivity index (χ3n) is 6.17. The predicted octanol–water partition coefficient (Wildman–Crippen LogP) is 5.36. The van der Waals surface area contributed by atoms with Crippen LogP contribution >= 0.6 is 0 Å². The van der Waals surface area contributed by atoms with Crippen LogP contribution < -0.4 is 9.47 Å². The van der Waals surface area contributed by atoms with Crippen LogP contribution in [-0.2, 0) is 9.53 Å². The second-order valence-corrected chi connectivity index (χ2v) is 8.49. The summed E-state index contributed by atoms with van der Waals surface area (Å²) >= 11 is 0. The Hall–Kier alpha value is -3.91.